The molecule has 1 fully saturated rings. The van der Waals surface area contributed by atoms with Crippen molar-refractivity contribution in [3.63, 3.8) is 0 Å². The number of nitrogens with zero attached hydrogens (tertiary/aromatic N) is 1. The molecule has 108 valence electrons. The van der Waals surface area contributed by atoms with E-state index in [1.165, 1.54) is 6.42 Å². The van der Waals surface area contributed by atoms with Crippen molar-refractivity contribution < 1.29 is 4.79 Å². The maximum absolute atomic E-state index is 12.3. The Morgan fingerprint density at radius 1 is 1.47 bits per heavy atom. The SMILES string of the molecule is CNCCC1CCN(C(=O)c2sccc2C)CC1.Cl. The molecule has 1 aliphatic rings. The lowest BCUT2D eigenvalue weighted by Gasteiger charge is -2.32. The molecular weight excluding hydrogens is 280 g/mol. The Kier molecular flexibility index (Phi) is 6.83. The normalized spacial score (nSPS) is 16.2. The first-order valence-electron chi connectivity index (χ1n) is 6.70. The van der Waals surface area contributed by atoms with Gasteiger partial charge < -0.3 is 10.2 Å². The van der Waals surface area contributed by atoms with E-state index in [0.717, 1.165) is 48.8 Å². The molecule has 0 aliphatic carbocycles. The van der Waals surface area contributed by atoms with Gasteiger partial charge in [-0.1, -0.05) is 0 Å². The summed E-state index contributed by atoms with van der Waals surface area (Å²) in [5.74, 6) is 1.01. The summed E-state index contributed by atoms with van der Waals surface area (Å²) in [6, 6.07) is 2.03. The summed E-state index contributed by atoms with van der Waals surface area (Å²) in [4.78, 5) is 15.3. The fourth-order valence-electron chi connectivity index (χ4n) is 2.51. The van der Waals surface area contributed by atoms with Gasteiger partial charge in [0.05, 0.1) is 4.88 Å². The lowest BCUT2D eigenvalue weighted by atomic mass is 9.93. The van der Waals surface area contributed by atoms with Gasteiger partial charge in [-0.25, -0.2) is 0 Å². The van der Waals surface area contributed by atoms with Gasteiger partial charge in [0.1, 0.15) is 0 Å². The smallest absolute Gasteiger partial charge is 0.264 e. The Labute approximate surface area is 125 Å². The Morgan fingerprint density at radius 2 is 2.16 bits per heavy atom. The number of likely N-dealkylation sites (tertiary alicyclic amines) is 1. The highest BCUT2D eigenvalue weighted by atomic mass is 35.5. The van der Waals surface area contributed by atoms with Crippen LogP contribution in [-0.4, -0.2) is 37.5 Å². The van der Waals surface area contributed by atoms with Gasteiger partial charge in [-0.15, -0.1) is 23.7 Å². The van der Waals surface area contributed by atoms with Gasteiger partial charge >= 0.3 is 0 Å². The molecule has 1 aliphatic heterocycles. The predicted molar refractivity (Wildman–Crippen MR) is 83.5 cm³/mol. The summed E-state index contributed by atoms with van der Waals surface area (Å²) in [6.45, 7) is 4.95. The molecule has 1 aromatic rings. The zero-order chi connectivity index (χ0) is 13.0. The zero-order valence-electron chi connectivity index (χ0n) is 11.6. The molecule has 0 radical (unpaired) electrons. The lowest BCUT2D eigenvalue weighted by Crippen LogP contribution is -2.38. The van der Waals surface area contributed by atoms with Crippen LogP contribution in [0.3, 0.4) is 0 Å². The van der Waals surface area contributed by atoms with Crippen molar-refractivity contribution in [2.45, 2.75) is 26.2 Å². The number of thiophene rings is 1. The molecule has 1 N–H and O–H groups in total. The van der Waals surface area contributed by atoms with E-state index in [0.29, 0.717) is 0 Å². The lowest BCUT2D eigenvalue weighted by molar-refractivity contribution is 0.0691. The van der Waals surface area contributed by atoms with Gasteiger partial charge in [0.15, 0.2) is 0 Å². The number of piperidine rings is 1. The van der Waals surface area contributed by atoms with Crippen LogP contribution in [0.4, 0.5) is 0 Å². The van der Waals surface area contributed by atoms with Crippen LogP contribution in [0.25, 0.3) is 0 Å². The number of carbonyl (C=O) groups excluding carboxylic acids is 1. The maximum Gasteiger partial charge on any atom is 0.264 e. The predicted octanol–water partition coefficient (Wildman–Crippen LogP) is 2.94. The largest absolute Gasteiger partial charge is 0.338 e. The first-order valence-corrected chi connectivity index (χ1v) is 7.58. The first kappa shape index (κ1) is 16.5. The molecule has 5 heteroatoms. The summed E-state index contributed by atoms with van der Waals surface area (Å²) in [7, 11) is 2.00. The van der Waals surface area contributed by atoms with Gasteiger partial charge in [0.2, 0.25) is 0 Å². The number of aryl methyl sites for hydroxylation is 1. The molecule has 2 rings (SSSR count). The zero-order valence-corrected chi connectivity index (χ0v) is 13.3. The van der Waals surface area contributed by atoms with Gasteiger partial charge in [0.25, 0.3) is 5.91 Å². The Balaban J connectivity index is 0.00000180. The fourth-order valence-corrected chi connectivity index (χ4v) is 3.40. The van der Waals surface area contributed by atoms with Gasteiger partial charge in [-0.3, -0.25) is 4.79 Å². The first-order chi connectivity index (χ1) is 8.72. The van der Waals surface area contributed by atoms with Crippen molar-refractivity contribution in [1.82, 2.24) is 10.2 Å². The van der Waals surface area contributed by atoms with Crippen molar-refractivity contribution in [3.8, 4) is 0 Å². The van der Waals surface area contributed by atoms with Crippen molar-refractivity contribution in [3.05, 3.63) is 21.9 Å². The van der Waals surface area contributed by atoms with E-state index in [1.807, 2.05) is 30.3 Å². The molecule has 2 heterocycles. The van der Waals surface area contributed by atoms with Crippen LogP contribution in [0.15, 0.2) is 11.4 Å². The van der Waals surface area contributed by atoms with Gasteiger partial charge in [-0.05, 0) is 62.7 Å². The van der Waals surface area contributed by atoms with Crippen LogP contribution < -0.4 is 5.32 Å². The third-order valence-corrected chi connectivity index (χ3v) is 4.77. The highest BCUT2D eigenvalue weighted by Crippen LogP contribution is 2.24. The second-order valence-electron chi connectivity index (χ2n) is 5.06. The third kappa shape index (κ3) is 4.20. The molecule has 0 bridgehead atoms. The third-order valence-electron chi connectivity index (χ3n) is 3.76. The van der Waals surface area contributed by atoms with E-state index in [4.69, 9.17) is 0 Å². The average molecular weight is 303 g/mol. The summed E-state index contributed by atoms with van der Waals surface area (Å²) >= 11 is 1.56. The van der Waals surface area contributed by atoms with Gasteiger partial charge in [0, 0.05) is 13.1 Å². The molecular formula is C14H23ClN2OS. The highest BCUT2D eigenvalue weighted by Gasteiger charge is 2.24. The molecule has 3 nitrogen and oxygen atoms in total. The molecule has 0 spiro atoms. The van der Waals surface area contributed by atoms with E-state index < -0.39 is 0 Å². The number of carbonyl (C=O) groups is 1. The van der Waals surface area contributed by atoms with E-state index in [9.17, 15) is 4.79 Å². The quantitative estimate of drug-likeness (QED) is 0.927. The molecule has 0 aromatic carbocycles. The van der Waals surface area contributed by atoms with E-state index in [-0.39, 0.29) is 18.3 Å². The molecule has 1 amide bonds. The molecule has 19 heavy (non-hydrogen) atoms. The van der Waals surface area contributed by atoms with Crippen LogP contribution >= 0.6 is 23.7 Å². The van der Waals surface area contributed by atoms with Crippen LogP contribution in [0.5, 0.6) is 0 Å². The Morgan fingerprint density at radius 3 is 2.68 bits per heavy atom. The van der Waals surface area contributed by atoms with Gasteiger partial charge in [-0.2, -0.15) is 0 Å². The summed E-state index contributed by atoms with van der Waals surface area (Å²) < 4.78 is 0. The standard InChI is InChI=1S/C14H22N2OS.ClH/c1-11-6-10-18-13(11)14(17)16-8-4-12(5-9-16)3-7-15-2;/h6,10,12,15H,3-5,7-9H2,1-2H3;1H. The van der Waals surface area contributed by atoms with Crippen LogP contribution in [-0.2, 0) is 0 Å². The van der Waals surface area contributed by atoms with Crippen molar-refractivity contribution in [1.29, 1.82) is 0 Å². The molecule has 0 unspecified atom stereocenters. The van der Waals surface area contributed by atoms with Crippen molar-refractivity contribution in [2.24, 2.45) is 5.92 Å². The van der Waals surface area contributed by atoms with Crippen LogP contribution in [0, 0.1) is 12.8 Å². The Bertz CT molecular complexity index is 400. The van der Waals surface area contributed by atoms with Crippen LogP contribution in [0.1, 0.15) is 34.5 Å². The van der Waals surface area contributed by atoms with Crippen molar-refractivity contribution in [2.75, 3.05) is 26.7 Å². The topological polar surface area (TPSA) is 32.3 Å². The maximum atomic E-state index is 12.3. The number of hydrogen-bond acceptors (Lipinski definition) is 3. The minimum Gasteiger partial charge on any atom is -0.338 e. The molecule has 0 saturated carbocycles. The second-order valence-corrected chi connectivity index (χ2v) is 5.98. The van der Waals surface area contributed by atoms with Crippen molar-refractivity contribution >= 4 is 29.7 Å². The summed E-state index contributed by atoms with van der Waals surface area (Å²) in [6.07, 6.45) is 3.53. The number of rotatable bonds is 4. The minimum absolute atomic E-state index is 0. The van der Waals surface area contributed by atoms with E-state index in [1.54, 1.807) is 11.3 Å². The summed E-state index contributed by atoms with van der Waals surface area (Å²) in [5, 5.41) is 5.20. The number of hydrogen-bond donors (Lipinski definition) is 1. The van der Waals surface area contributed by atoms with E-state index >= 15 is 0 Å². The molecule has 1 saturated heterocycles. The Hall–Kier alpha value is -0.580. The molecule has 1 aromatic heterocycles. The van der Waals surface area contributed by atoms with E-state index in [2.05, 4.69) is 5.32 Å². The second kappa shape index (κ2) is 7.88. The number of halogens is 1. The van der Waals surface area contributed by atoms with Crippen LogP contribution in [0.2, 0.25) is 0 Å². The highest BCUT2D eigenvalue weighted by molar-refractivity contribution is 7.12. The number of amides is 1. The monoisotopic (exact) mass is 302 g/mol. The number of nitrogens with one attached hydrogen (secondary N) is 1. The summed E-state index contributed by atoms with van der Waals surface area (Å²) in [5.41, 5.74) is 1.11. The average Bonchev–Trinajstić information content (AvgIpc) is 2.82. The fraction of sp³-hybridized carbons (Fsp3) is 0.643. The molecule has 0 atom stereocenters. The minimum atomic E-state index is 0.